The molecule has 0 radical (unpaired) electrons. The minimum Gasteiger partial charge on any atom is -0.480 e. The third-order valence-corrected chi connectivity index (χ3v) is 4.43. The molecule has 1 N–H and O–H groups in total. The van der Waals surface area contributed by atoms with Crippen LogP contribution in [-0.4, -0.2) is 39.7 Å². The standard InChI is InChI=1S/C16H23NO3S/c1-5-17(16(3,4)15(19)20)14(18)10-11-21-13-8-6-12(2)7-9-13/h6-9H,5,10-11H2,1-4H3,(H,19,20). The molecule has 0 spiro atoms. The highest BCUT2D eigenvalue weighted by Gasteiger charge is 2.36. The van der Waals surface area contributed by atoms with Gasteiger partial charge in [0.2, 0.25) is 5.91 Å². The number of hydrogen-bond donors (Lipinski definition) is 1. The molecule has 116 valence electrons. The largest absolute Gasteiger partial charge is 0.480 e. The van der Waals surface area contributed by atoms with E-state index in [1.807, 2.05) is 31.2 Å². The molecule has 0 aliphatic rings. The number of carboxylic acids is 1. The Kier molecular flexibility index (Phi) is 6.27. The molecule has 1 aromatic rings. The van der Waals surface area contributed by atoms with Crippen LogP contribution >= 0.6 is 11.8 Å². The lowest BCUT2D eigenvalue weighted by atomic mass is 10.0. The van der Waals surface area contributed by atoms with Crippen molar-refractivity contribution in [1.29, 1.82) is 0 Å². The summed E-state index contributed by atoms with van der Waals surface area (Å²) in [7, 11) is 0. The fraction of sp³-hybridized carbons (Fsp3) is 0.500. The van der Waals surface area contributed by atoms with Crippen LogP contribution in [0.2, 0.25) is 0 Å². The van der Waals surface area contributed by atoms with Crippen molar-refractivity contribution in [2.75, 3.05) is 12.3 Å². The minimum atomic E-state index is -1.17. The van der Waals surface area contributed by atoms with Gasteiger partial charge in [-0.3, -0.25) is 4.79 Å². The first-order valence-electron chi connectivity index (χ1n) is 7.02. The van der Waals surface area contributed by atoms with Gasteiger partial charge in [0.05, 0.1) is 0 Å². The van der Waals surface area contributed by atoms with Crippen LogP contribution in [0.3, 0.4) is 0 Å². The quantitative estimate of drug-likeness (QED) is 0.786. The first kappa shape index (κ1) is 17.6. The lowest BCUT2D eigenvalue weighted by Crippen LogP contribution is -2.53. The van der Waals surface area contributed by atoms with E-state index in [0.717, 1.165) is 4.90 Å². The normalized spacial score (nSPS) is 11.2. The van der Waals surface area contributed by atoms with Crippen molar-refractivity contribution in [1.82, 2.24) is 4.90 Å². The molecule has 4 nitrogen and oxygen atoms in total. The Balaban J connectivity index is 2.55. The second kappa shape index (κ2) is 7.50. The zero-order valence-corrected chi connectivity index (χ0v) is 13.9. The van der Waals surface area contributed by atoms with E-state index in [1.54, 1.807) is 32.5 Å². The number of aryl methyl sites for hydroxylation is 1. The molecule has 1 rings (SSSR count). The second-order valence-electron chi connectivity index (χ2n) is 5.41. The number of nitrogens with zero attached hydrogens (tertiary/aromatic N) is 1. The van der Waals surface area contributed by atoms with Crippen LogP contribution < -0.4 is 0 Å². The van der Waals surface area contributed by atoms with E-state index in [4.69, 9.17) is 0 Å². The number of hydrogen-bond acceptors (Lipinski definition) is 3. The molecule has 0 aliphatic heterocycles. The van der Waals surface area contributed by atoms with E-state index in [-0.39, 0.29) is 5.91 Å². The molecular formula is C16H23NO3S. The number of thioether (sulfide) groups is 1. The predicted molar refractivity (Wildman–Crippen MR) is 85.6 cm³/mol. The van der Waals surface area contributed by atoms with Crippen molar-refractivity contribution in [2.45, 2.75) is 44.6 Å². The summed E-state index contributed by atoms with van der Waals surface area (Å²) in [5, 5.41) is 9.22. The molecule has 0 heterocycles. The Hall–Kier alpha value is -1.49. The summed E-state index contributed by atoms with van der Waals surface area (Å²) in [5.41, 5.74) is 0.0381. The summed E-state index contributed by atoms with van der Waals surface area (Å²) >= 11 is 1.61. The second-order valence-corrected chi connectivity index (χ2v) is 6.58. The third-order valence-electron chi connectivity index (χ3n) is 3.42. The SMILES string of the molecule is CCN(C(=O)CCSc1ccc(C)cc1)C(C)(C)C(=O)O. The lowest BCUT2D eigenvalue weighted by molar-refractivity contribution is -0.156. The highest BCUT2D eigenvalue weighted by Crippen LogP contribution is 2.21. The van der Waals surface area contributed by atoms with E-state index in [9.17, 15) is 14.7 Å². The smallest absolute Gasteiger partial charge is 0.329 e. The lowest BCUT2D eigenvalue weighted by Gasteiger charge is -2.34. The monoisotopic (exact) mass is 309 g/mol. The van der Waals surface area contributed by atoms with Gasteiger partial charge in [0.1, 0.15) is 5.54 Å². The van der Waals surface area contributed by atoms with Gasteiger partial charge in [-0.15, -0.1) is 11.8 Å². The highest BCUT2D eigenvalue weighted by molar-refractivity contribution is 7.99. The van der Waals surface area contributed by atoms with Gasteiger partial charge >= 0.3 is 5.97 Å². The summed E-state index contributed by atoms with van der Waals surface area (Å²) in [6.07, 6.45) is 0.336. The molecule has 0 aromatic heterocycles. The fourth-order valence-electron chi connectivity index (χ4n) is 2.02. The zero-order chi connectivity index (χ0) is 16.0. The predicted octanol–water partition coefficient (Wildman–Crippen LogP) is 3.19. The molecule has 0 atom stereocenters. The van der Waals surface area contributed by atoms with Crippen molar-refractivity contribution < 1.29 is 14.7 Å². The number of carboxylic acid groups (broad SMARTS) is 1. The van der Waals surface area contributed by atoms with Gasteiger partial charge in [-0.1, -0.05) is 17.7 Å². The van der Waals surface area contributed by atoms with E-state index >= 15 is 0 Å². The van der Waals surface area contributed by atoms with Crippen molar-refractivity contribution in [3.63, 3.8) is 0 Å². The van der Waals surface area contributed by atoms with Gasteiger partial charge in [-0.25, -0.2) is 4.79 Å². The first-order valence-corrected chi connectivity index (χ1v) is 8.01. The average molecular weight is 309 g/mol. The van der Waals surface area contributed by atoms with Crippen LogP contribution in [-0.2, 0) is 9.59 Å². The molecule has 1 amide bonds. The number of carbonyl (C=O) groups is 2. The Labute approximate surface area is 130 Å². The Morgan fingerprint density at radius 1 is 1.24 bits per heavy atom. The Bertz CT molecular complexity index is 497. The number of aliphatic carboxylic acids is 1. The summed E-state index contributed by atoms with van der Waals surface area (Å²) < 4.78 is 0. The van der Waals surface area contributed by atoms with E-state index < -0.39 is 11.5 Å². The van der Waals surface area contributed by atoms with E-state index in [0.29, 0.717) is 18.7 Å². The number of amides is 1. The summed E-state index contributed by atoms with van der Waals surface area (Å²) in [4.78, 5) is 26.0. The van der Waals surface area contributed by atoms with Crippen LogP contribution in [0.25, 0.3) is 0 Å². The van der Waals surface area contributed by atoms with E-state index in [2.05, 4.69) is 0 Å². The first-order chi connectivity index (χ1) is 9.78. The summed E-state index contributed by atoms with van der Waals surface area (Å²) in [6.45, 7) is 7.35. The maximum absolute atomic E-state index is 12.2. The number of carbonyl (C=O) groups excluding carboxylic acids is 1. The molecule has 0 unspecified atom stereocenters. The molecule has 0 fully saturated rings. The van der Waals surface area contributed by atoms with Gasteiger partial charge < -0.3 is 10.0 Å². The minimum absolute atomic E-state index is 0.121. The van der Waals surface area contributed by atoms with Crippen molar-refractivity contribution in [3.05, 3.63) is 29.8 Å². The highest BCUT2D eigenvalue weighted by atomic mass is 32.2. The van der Waals surface area contributed by atoms with Gasteiger partial charge in [0.15, 0.2) is 0 Å². The third kappa shape index (κ3) is 4.77. The number of likely N-dealkylation sites (N-methyl/N-ethyl adjacent to an activating group) is 1. The molecule has 5 heteroatoms. The molecule has 21 heavy (non-hydrogen) atoms. The van der Waals surface area contributed by atoms with Crippen LogP contribution in [0.5, 0.6) is 0 Å². The van der Waals surface area contributed by atoms with Crippen molar-refractivity contribution in [2.24, 2.45) is 0 Å². The number of benzene rings is 1. The topological polar surface area (TPSA) is 57.6 Å². The molecule has 0 aliphatic carbocycles. The molecule has 0 saturated carbocycles. The Morgan fingerprint density at radius 3 is 2.29 bits per heavy atom. The number of rotatable bonds is 7. The molecular weight excluding hydrogens is 286 g/mol. The van der Waals surface area contributed by atoms with Crippen molar-refractivity contribution >= 4 is 23.6 Å². The molecule has 0 saturated heterocycles. The van der Waals surface area contributed by atoms with Gasteiger partial charge in [0.25, 0.3) is 0 Å². The van der Waals surface area contributed by atoms with Gasteiger partial charge in [-0.2, -0.15) is 0 Å². The average Bonchev–Trinajstić information content (AvgIpc) is 2.41. The molecule has 0 bridgehead atoms. The Morgan fingerprint density at radius 2 is 1.81 bits per heavy atom. The zero-order valence-electron chi connectivity index (χ0n) is 13.0. The van der Waals surface area contributed by atoms with Gasteiger partial charge in [0, 0.05) is 23.6 Å². The van der Waals surface area contributed by atoms with Crippen LogP contribution in [0.15, 0.2) is 29.2 Å². The van der Waals surface area contributed by atoms with Crippen LogP contribution in [0.1, 0.15) is 32.8 Å². The maximum Gasteiger partial charge on any atom is 0.329 e. The van der Waals surface area contributed by atoms with Crippen molar-refractivity contribution in [3.8, 4) is 0 Å². The van der Waals surface area contributed by atoms with Gasteiger partial charge in [-0.05, 0) is 39.8 Å². The summed E-state index contributed by atoms with van der Waals surface area (Å²) in [6, 6.07) is 8.14. The van der Waals surface area contributed by atoms with E-state index in [1.165, 1.54) is 10.5 Å². The molecule has 1 aromatic carbocycles. The maximum atomic E-state index is 12.2. The summed E-state index contributed by atoms with van der Waals surface area (Å²) in [5.74, 6) is -0.456. The van der Waals surface area contributed by atoms with Crippen LogP contribution in [0, 0.1) is 6.92 Å². The fourth-order valence-corrected chi connectivity index (χ4v) is 2.87. The van der Waals surface area contributed by atoms with Crippen LogP contribution in [0.4, 0.5) is 0 Å².